The van der Waals surface area contributed by atoms with Gasteiger partial charge in [0.2, 0.25) is 11.1 Å². The number of nitrogens with zero attached hydrogens (tertiary/aromatic N) is 4. The van der Waals surface area contributed by atoms with E-state index in [2.05, 4.69) is 49.7 Å². The summed E-state index contributed by atoms with van der Waals surface area (Å²) in [5, 5.41) is 22.6. The summed E-state index contributed by atoms with van der Waals surface area (Å²) in [6, 6.07) is 43.7. The Bertz CT molecular complexity index is 3740. The Morgan fingerprint density at radius 1 is 0.639 bits per heavy atom. The topological polar surface area (TPSA) is 246 Å². The van der Waals surface area contributed by atoms with Gasteiger partial charge in [0.05, 0.1) is 28.9 Å². The highest BCUT2D eigenvalue weighted by molar-refractivity contribution is 6.08. The average molecular weight is 958 g/mol. The van der Waals surface area contributed by atoms with Gasteiger partial charge in [-0.25, -0.2) is 14.2 Å². The molecule has 10 aromatic rings. The summed E-state index contributed by atoms with van der Waals surface area (Å²) in [6.45, 7) is 4.00. The lowest BCUT2D eigenvalue weighted by Crippen LogP contribution is -2.16. The van der Waals surface area contributed by atoms with Crippen molar-refractivity contribution < 1.29 is 24.2 Å². The number of rotatable bonds is 9. The summed E-state index contributed by atoms with van der Waals surface area (Å²) in [7, 11) is 0. The standard InChI is InChI=1S/C26H20N2O4.C20H17N5O2.C10H10N2O/c29-25(15-17-10-11-24(22(14-17)26(30)31)28-13-5-12-27-28)32-16-23-20-8-3-1-6-18(20)19-7-2-4-9-21(19)23;1-12-9-19(26)24-17-5-4-14(11-15(12)17)23-20(27)16-10-13(21)3-6-18(16)25-8-2-7-22-25;1-6-4-10(13)12-9-3-2-7(11)5-8(6)9/h1-14,23H,15-16H2,(H,30,31);2-11H,21H2,1H3,(H,23,27)(H,24,26);2-5H,11H2,1H3,(H,12,13). The van der Waals surface area contributed by atoms with Crippen molar-refractivity contribution in [2.75, 3.05) is 23.4 Å². The minimum Gasteiger partial charge on any atom is -0.478 e. The zero-order valence-corrected chi connectivity index (χ0v) is 39.0. The van der Waals surface area contributed by atoms with Gasteiger partial charge in [0.1, 0.15) is 6.61 Å². The summed E-state index contributed by atoms with van der Waals surface area (Å²) in [6.07, 6.45) is 6.65. The quantitative estimate of drug-likeness (QED) is 0.0590. The first-order valence-electron chi connectivity index (χ1n) is 22.7. The Labute approximate surface area is 411 Å². The lowest BCUT2D eigenvalue weighted by atomic mass is 9.98. The Morgan fingerprint density at radius 3 is 1.78 bits per heavy atom. The highest BCUT2D eigenvalue weighted by Crippen LogP contribution is 2.44. The second-order valence-electron chi connectivity index (χ2n) is 17.1. The Kier molecular flexibility index (Phi) is 13.4. The summed E-state index contributed by atoms with van der Waals surface area (Å²) in [4.78, 5) is 65.4. The Hall–Kier alpha value is -9.83. The summed E-state index contributed by atoms with van der Waals surface area (Å²) >= 11 is 0. The van der Waals surface area contributed by atoms with E-state index in [-0.39, 0.29) is 41.5 Å². The molecule has 0 saturated carbocycles. The number of carboxylic acid groups (broad SMARTS) is 1. The van der Waals surface area contributed by atoms with Gasteiger partial charge in [-0.3, -0.25) is 19.2 Å². The number of nitrogen functional groups attached to an aromatic ring is 2. The molecule has 8 N–H and O–H groups in total. The van der Waals surface area contributed by atoms with Crippen molar-refractivity contribution in [1.82, 2.24) is 29.5 Å². The molecule has 4 heterocycles. The number of pyridine rings is 2. The van der Waals surface area contributed by atoms with Gasteiger partial charge in [0, 0.05) is 81.7 Å². The molecule has 358 valence electrons. The zero-order valence-electron chi connectivity index (χ0n) is 39.0. The van der Waals surface area contributed by atoms with Crippen LogP contribution in [0.3, 0.4) is 0 Å². The number of esters is 1. The summed E-state index contributed by atoms with van der Waals surface area (Å²) < 4.78 is 8.74. The van der Waals surface area contributed by atoms with Crippen LogP contribution in [0.5, 0.6) is 0 Å². The van der Waals surface area contributed by atoms with E-state index in [0.717, 1.165) is 44.1 Å². The molecule has 0 saturated heterocycles. The number of hydrogen-bond acceptors (Lipinski definition) is 10. The molecule has 1 aliphatic rings. The van der Waals surface area contributed by atoms with E-state index in [0.29, 0.717) is 39.6 Å². The van der Waals surface area contributed by atoms with Crippen LogP contribution in [0.1, 0.15) is 54.5 Å². The number of nitrogens with one attached hydrogen (secondary N) is 3. The third kappa shape index (κ3) is 10.3. The monoisotopic (exact) mass is 957 g/mol. The van der Waals surface area contributed by atoms with Crippen molar-refractivity contribution in [2.24, 2.45) is 0 Å². The smallest absolute Gasteiger partial charge is 0.337 e. The number of ether oxygens (including phenoxy) is 1. The number of nitrogens with two attached hydrogens (primary N) is 2. The SMILES string of the molecule is Cc1cc(=O)[nH]c2ccc(N)cc12.Cc1cc(=O)[nH]c2ccc(NC(=O)c3cc(N)ccc3-n3cccn3)cc12.O=C(Cc1ccc(-n2cccn2)c(C(=O)O)c1)OCC1c2ccccc2-c2ccccc21. The number of anilines is 3. The van der Waals surface area contributed by atoms with Crippen LogP contribution in [0.15, 0.2) is 180 Å². The molecular weight excluding hydrogens is 911 g/mol. The second kappa shape index (κ2) is 20.4. The molecule has 11 rings (SSSR count). The molecule has 0 aliphatic heterocycles. The van der Waals surface area contributed by atoms with Gasteiger partial charge in [0.15, 0.2) is 0 Å². The van der Waals surface area contributed by atoms with Gasteiger partial charge >= 0.3 is 11.9 Å². The molecule has 16 nitrogen and oxygen atoms in total. The van der Waals surface area contributed by atoms with Gasteiger partial charge in [-0.05, 0) is 132 Å². The predicted octanol–water partition coefficient (Wildman–Crippen LogP) is 8.74. The van der Waals surface area contributed by atoms with Crippen molar-refractivity contribution in [2.45, 2.75) is 26.2 Å². The fourth-order valence-electron chi connectivity index (χ4n) is 8.79. The molecule has 72 heavy (non-hydrogen) atoms. The number of fused-ring (bicyclic) bond motifs is 5. The van der Waals surface area contributed by atoms with E-state index in [4.69, 9.17) is 16.2 Å². The molecule has 0 radical (unpaired) electrons. The zero-order chi connectivity index (χ0) is 50.5. The normalized spacial score (nSPS) is 11.4. The number of aromatic carboxylic acids is 1. The van der Waals surface area contributed by atoms with Crippen LogP contribution in [0.4, 0.5) is 17.1 Å². The van der Waals surface area contributed by atoms with E-state index in [1.807, 2.05) is 56.3 Å². The fourth-order valence-corrected chi connectivity index (χ4v) is 8.79. The van der Waals surface area contributed by atoms with Crippen LogP contribution < -0.4 is 27.9 Å². The number of carboxylic acids is 1. The molecule has 0 atom stereocenters. The van der Waals surface area contributed by atoms with Crippen LogP contribution in [0, 0.1) is 13.8 Å². The Morgan fingerprint density at radius 2 is 1.18 bits per heavy atom. The summed E-state index contributed by atoms with van der Waals surface area (Å²) in [5.74, 6) is -1.78. The average Bonchev–Trinajstić information content (AvgIpc) is 4.17. The number of benzene rings is 6. The first kappa shape index (κ1) is 47.2. The first-order valence-corrected chi connectivity index (χ1v) is 22.7. The number of amides is 1. The Balaban J connectivity index is 0.000000144. The van der Waals surface area contributed by atoms with E-state index < -0.39 is 11.9 Å². The molecule has 0 fully saturated rings. The number of carbonyl (C=O) groups is 3. The third-order valence-corrected chi connectivity index (χ3v) is 12.2. The van der Waals surface area contributed by atoms with Gasteiger partial charge in [-0.2, -0.15) is 10.2 Å². The van der Waals surface area contributed by atoms with Gasteiger partial charge in [-0.15, -0.1) is 0 Å². The largest absolute Gasteiger partial charge is 0.478 e. The van der Waals surface area contributed by atoms with Gasteiger partial charge in [-0.1, -0.05) is 54.6 Å². The minimum atomic E-state index is -1.08. The van der Waals surface area contributed by atoms with Gasteiger partial charge < -0.3 is 36.6 Å². The number of carbonyl (C=O) groups excluding carboxylic acids is 2. The lowest BCUT2D eigenvalue weighted by Gasteiger charge is -2.14. The molecule has 1 aliphatic carbocycles. The molecule has 4 aromatic heterocycles. The van der Waals surface area contributed by atoms with E-state index in [9.17, 15) is 29.1 Å². The molecule has 6 aromatic carbocycles. The maximum absolute atomic E-state index is 12.9. The number of aryl methyl sites for hydroxylation is 2. The maximum atomic E-state index is 12.9. The highest BCUT2D eigenvalue weighted by Gasteiger charge is 2.29. The van der Waals surface area contributed by atoms with E-state index in [1.54, 1.807) is 96.2 Å². The number of H-pyrrole nitrogens is 2. The predicted molar refractivity (Wildman–Crippen MR) is 278 cm³/mol. The highest BCUT2D eigenvalue weighted by atomic mass is 16.5. The van der Waals surface area contributed by atoms with Crippen LogP contribution >= 0.6 is 0 Å². The lowest BCUT2D eigenvalue weighted by molar-refractivity contribution is -0.143. The van der Waals surface area contributed by atoms with Crippen LogP contribution in [-0.4, -0.2) is 59.1 Å². The molecule has 1 amide bonds. The van der Waals surface area contributed by atoms with Crippen molar-refractivity contribution in [3.05, 3.63) is 230 Å². The van der Waals surface area contributed by atoms with Crippen molar-refractivity contribution in [3.8, 4) is 22.5 Å². The third-order valence-electron chi connectivity index (χ3n) is 12.2. The molecular formula is C56H47N9O7. The van der Waals surface area contributed by atoms with E-state index in [1.165, 1.54) is 27.9 Å². The van der Waals surface area contributed by atoms with Crippen molar-refractivity contribution >= 4 is 56.7 Å². The molecule has 0 spiro atoms. The summed E-state index contributed by atoms with van der Waals surface area (Å²) in [5.41, 5.74) is 23.2. The van der Waals surface area contributed by atoms with Crippen molar-refractivity contribution in [1.29, 1.82) is 0 Å². The molecule has 0 unspecified atom stereocenters. The van der Waals surface area contributed by atoms with Crippen molar-refractivity contribution in [3.63, 3.8) is 0 Å². The second-order valence-corrected chi connectivity index (χ2v) is 17.1. The van der Waals surface area contributed by atoms with E-state index >= 15 is 0 Å². The molecule has 16 heteroatoms. The number of aromatic amines is 2. The molecule has 0 bridgehead atoms. The van der Waals surface area contributed by atoms with Gasteiger partial charge in [0.25, 0.3) is 5.91 Å². The minimum absolute atomic E-state index is 0.00428. The van der Waals surface area contributed by atoms with Crippen LogP contribution in [-0.2, 0) is 16.0 Å². The maximum Gasteiger partial charge on any atom is 0.337 e. The van der Waals surface area contributed by atoms with Crippen LogP contribution in [0.2, 0.25) is 0 Å². The van der Waals surface area contributed by atoms with Crippen LogP contribution in [0.25, 0.3) is 44.3 Å². The fraction of sp³-hybridized carbons (Fsp3) is 0.0893. The number of hydrogen-bond donors (Lipinski definition) is 6. The number of aromatic nitrogens is 6. The first-order chi connectivity index (χ1) is 34.8.